The Kier molecular flexibility index (Phi) is 12.3. The van der Waals surface area contributed by atoms with Crippen molar-refractivity contribution in [2.45, 2.75) is 4.90 Å². The van der Waals surface area contributed by atoms with Crippen LogP contribution >= 0.6 is 0 Å². The van der Waals surface area contributed by atoms with E-state index in [4.69, 9.17) is 4.55 Å². The molecule has 3 aromatic rings. The van der Waals surface area contributed by atoms with Crippen molar-refractivity contribution in [3.05, 3.63) is 97.1 Å². The summed E-state index contributed by atoms with van der Waals surface area (Å²) >= 11 is 0. The van der Waals surface area contributed by atoms with Crippen molar-refractivity contribution in [1.29, 1.82) is 0 Å². The minimum absolute atomic E-state index is 0. The van der Waals surface area contributed by atoms with E-state index in [9.17, 15) is 8.42 Å². The van der Waals surface area contributed by atoms with Crippen LogP contribution < -0.4 is 0 Å². The average Bonchev–Trinajstić information content (AvgIpc) is 2.63. The fourth-order valence-electron chi connectivity index (χ4n) is 2.15. The number of hydrogen-bond donors (Lipinski definition) is 1. The average molecular weight is 386 g/mol. The Labute approximate surface area is 199 Å². The predicted octanol–water partition coefficient (Wildman–Crippen LogP) is 3.63. The van der Waals surface area contributed by atoms with Gasteiger partial charge in [0.1, 0.15) is 4.90 Å². The zero-order valence-electron chi connectivity index (χ0n) is 13.0. The Morgan fingerprint density at radius 3 is 1.42 bits per heavy atom. The monoisotopic (exact) mass is 386 g/mol. The quantitative estimate of drug-likeness (QED) is 0.552. The molecular formula is C20H20Na2O3S. The molecule has 6 heteroatoms. The molecule has 126 valence electrons. The summed E-state index contributed by atoms with van der Waals surface area (Å²) in [6.07, 6.45) is 1.38. The molecule has 0 aromatic heterocycles. The van der Waals surface area contributed by atoms with Gasteiger partial charge in [-0.15, -0.1) is 0 Å². The van der Waals surface area contributed by atoms with Crippen molar-refractivity contribution in [1.82, 2.24) is 0 Å². The van der Waals surface area contributed by atoms with E-state index in [2.05, 4.69) is 55.1 Å². The Morgan fingerprint density at radius 2 is 1.08 bits per heavy atom. The second kappa shape index (κ2) is 12.7. The van der Waals surface area contributed by atoms with Crippen molar-refractivity contribution >= 4 is 75.3 Å². The first-order valence-corrected chi connectivity index (χ1v) is 8.76. The minimum atomic E-state index is -4.12. The topological polar surface area (TPSA) is 54.4 Å². The van der Waals surface area contributed by atoms with Gasteiger partial charge in [0.15, 0.2) is 0 Å². The number of hydrogen-bond acceptors (Lipinski definition) is 2. The van der Waals surface area contributed by atoms with Crippen molar-refractivity contribution in [3.63, 3.8) is 0 Å². The second-order valence-corrected chi connectivity index (χ2v) is 6.34. The summed E-state index contributed by atoms with van der Waals surface area (Å²) in [5.41, 5.74) is 2.95. The molecular weight excluding hydrogens is 366 g/mol. The van der Waals surface area contributed by atoms with Crippen LogP contribution in [0.3, 0.4) is 0 Å². The van der Waals surface area contributed by atoms with Crippen molar-refractivity contribution < 1.29 is 13.0 Å². The number of benzene rings is 3. The van der Waals surface area contributed by atoms with E-state index >= 15 is 0 Å². The van der Waals surface area contributed by atoms with Crippen molar-refractivity contribution in [3.8, 4) is 11.1 Å². The van der Waals surface area contributed by atoms with Crippen LogP contribution in [0.5, 0.6) is 0 Å². The van der Waals surface area contributed by atoms with Crippen LogP contribution in [0.2, 0.25) is 0 Å². The first kappa shape index (κ1) is 25.3. The van der Waals surface area contributed by atoms with Gasteiger partial charge in [-0.2, -0.15) is 8.42 Å². The molecule has 0 saturated heterocycles. The minimum Gasteiger partial charge on any atom is -0.0622 e. The molecule has 26 heavy (non-hydrogen) atoms. The van der Waals surface area contributed by atoms with Gasteiger partial charge < -0.3 is 0 Å². The molecule has 0 spiro atoms. The van der Waals surface area contributed by atoms with Gasteiger partial charge in [0.2, 0.25) is 0 Å². The van der Waals surface area contributed by atoms with Crippen molar-refractivity contribution in [2.24, 2.45) is 0 Å². The van der Waals surface area contributed by atoms with E-state index in [1.165, 1.54) is 29.3 Å². The summed E-state index contributed by atoms with van der Waals surface area (Å²) < 4.78 is 30.2. The molecule has 0 radical (unpaired) electrons. The van der Waals surface area contributed by atoms with Gasteiger partial charge in [-0.1, -0.05) is 91.5 Å². The molecule has 0 aliphatic carbocycles. The SMILES string of the molecule is C=Cc1ccccc1S(=O)(=O)O.[NaH].[NaH].c1ccc(-c2ccccc2)cc1. The van der Waals surface area contributed by atoms with Gasteiger partial charge in [0.25, 0.3) is 10.1 Å². The molecule has 3 rings (SSSR count). The maximum Gasteiger partial charge on any atom is -0.0184 e. The van der Waals surface area contributed by atoms with E-state index in [1.807, 2.05) is 12.1 Å². The molecule has 0 unspecified atom stereocenters. The van der Waals surface area contributed by atoms with Crippen LogP contribution in [-0.4, -0.2) is 72.1 Å². The standard InChI is InChI=1S/C12H10.C8H8O3S.2Na.2H/c1-3-7-11(8-4-1)12-9-5-2-6-10-12;1-2-7-5-3-4-6-8(7)12(9,10)11;;;;/h1-10H;2-6H,1H2,(H,9,10,11);;;;. The summed E-state index contributed by atoms with van der Waals surface area (Å²) in [6.45, 7) is 3.43. The predicted molar refractivity (Wildman–Crippen MR) is 113 cm³/mol. The summed E-state index contributed by atoms with van der Waals surface area (Å²) in [6, 6.07) is 26.9. The second-order valence-electron chi connectivity index (χ2n) is 4.95. The number of rotatable bonds is 3. The molecule has 0 amide bonds. The van der Waals surface area contributed by atoms with Gasteiger partial charge in [0, 0.05) is 0 Å². The molecule has 1 N–H and O–H groups in total. The maximum absolute atomic E-state index is 10.7. The summed E-state index contributed by atoms with van der Waals surface area (Å²) in [4.78, 5) is -0.111. The Balaban J connectivity index is 0.000000446. The molecule has 0 atom stereocenters. The van der Waals surface area contributed by atoms with Gasteiger partial charge in [-0.05, 0) is 22.8 Å². The van der Waals surface area contributed by atoms with Crippen LogP contribution in [0.4, 0.5) is 0 Å². The smallest absolute Gasteiger partial charge is 0.0184 e. The molecule has 3 aromatic carbocycles. The zero-order valence-corrected chi connectivity index (χ0v) is 13.9. The van der Waals surface area contributed by atoms with Gasteiger partial charge in [-0.25, -0.2) is 0 Å². The molecule has 0 aliphatic heterocycles. The third kappa shape index (κ3) is 7.91. The maximum atomic E-state index is 10.7. The van der Waals surface area contributed by atoms with Crippen LogP contribution in [0.25, 0.3) is 17.2 Å². The van der Waals surface area contributed by atoms with E-state index in [-0.39, 0.29) is 64.0 Å². The molecule has 0 saturated carbocycles. The third-order valence-electron chi connectivity index (χ3n) is 3.30. The van der Waals surface area contributed by atoms with E-state index in [1.54, 1.807) is 12.1 Å². The molecule has 0 aliphatic rings. The van der Waals surface area contributed by atoms with Crippen LogP contribution in [0, 0.1) is 0 Å². The first-order valence-electron chi connectivity index (χ1n) is 7.32. The zero-order chi connectivity index (χ0) is 17.4. The summed E-state index contributed by atoms with van der Waals surface area (Å²) in [7, 11) is -4.12. The van der Waals surface area contributed by atoms with Gasteiger partial charge >= 0.3 is 59.1 Å². The molecule has 3 nitrogen and oxygen atoms in total. The fourth-order valence-corrected chi connectivity index (χ4v) is 2.85. The first-order chi connectivity index (χ1) is 11.5. The Morgan fingerprint density at radius 1 is 0.692 bits per heavy atom. The van der Waals surface area contributed by atoms with Crippen LogP contribution in [0.1, 0.15) is 5.56 Å². The van der Waals surface area contributed by atoms with E-state index < -0.39 is 10.1 Å². The van der Waals surface area contributed by atoms with Gasteiger partial charge in [-0.3, -0.25) is 4.55 Å². The van der Waals surface area contributed by atoms with Gasteiger partial charge in [0.05, 0.1) is 0 Å². The van der Waals surface area contributed by atoms with E-state index in [0.29, 0.717) is 5.56 Å². The summed E-state index contributed by atoms with van der Waals surface area (Å²) in [5.74, 6) is 0. The Bertz CT molecular complexity index is 859. The van der Waals surface area contributed by atoms with Crippen molar-refractivity contribution in [2.75, 3.05) is 0 Å². The summed E-state index contributed by atoms with van der Waals surface area (Å²) in [5, 5.41) is 0. The normalized spacial score (nSPS) is 9.58. The fraction of sp³-hybridized carbons (Fsp3) is 0. The molecule has 0 fully saturated rings. The van der Waals surface area contributed by atoms with Crippen LogP contribution in [0.15, 0.2) is 96.4 Å². The van der Waals surface area contributed by atoms with E-state index in [0.717, 1.165) is 0 Å². The third-order valence-corrected chi connectivity index (χ3v) is 4.23. The molecule has 0 heterocycles. The van der Waals surface area contributed by atoms with Crippen LogP contribution in [-0.2, 0) is 10.1 Å². The molecule has 0 bridgehead atoms. The largest absolute Gasteiger partial charge is 0.0622 e. The Hall–Kier alpha value is -0.690.